The summed E-state index contributed by atoms with van der Waals surface area (Å²) in [5.74, 6) is -0.395. The highest BCUT2D eigenvalue weighted by atomic mass is 19.1. The molecule has 1 radical (unpaired) electrons. The fourth-order valence-electron chi connectivity index (χ4n) is 1.33. The van der Waals surface area contributed by atoms with Crippen molar-refractivity contribution in [1.29, 1.82) is 0 Å². The number of urea groups is 1. The third-order valence-electron chi connectivity index (χ3n) is 2.01. The van der Waals surface area contributed by atoms with Gasteiger partial charge in [-0.25, -0.2) is 9.18 Å². The van der Waals surface area contributed by atoms with Crippen molar-refractivity contribution in [2.45, 2.75) is 6.92 Å². The molecule has 0 aromatic heterocycles. The van der Waals surface area contributed by atoms with Crippen LogP contribution < -0.4 is 10.6 Å². The van der Waals surface area contributed by atoms with Crippen molar-refractivity contribution in [3.05, 3.63) is 30.1 Å². The van der Waals surface area contributed by atoms with Crippen molar-refractivity contribution >= 4 is 23.0 Å². The Bertz CT molecular complexity index is 440. The van der Waals surface area contributed by atoms with Crippen LogP contribution in [0.1, 0.15) is 12.5 Å². The lowest BCUT2D eigenvalue weighted by atomic mass is 10.1. The van der Waals surface area contributed by atoms with Crippen LogP contribution in [0.25, 0.3) is 5.57 Å². The highest BCUT2D eigenvalue weighted by molar-refractivity contribution is 6.02. The maximum absolute atomic E-state index is 13.4. The van der Waals surface area contributed by atoms with Crippen LogP contribution in [0, 0.1) is 5.82 Å². The van der Waals surface area contributed by atoms with E-state index in [1.165, 1.54) is 12.1 Å². The Morgan fingerprint density at radius 3 is 2.93 bits per heavy atom. The van der Waals surface area contributed by atoms with E-state index >= 15 is 0 Å². The summed E-state index contributed by atoms with van der Waals surface area (Å²) in [6, 6.07) is 2.32. The average molecular weight is 191 g/mol. The van der Waals surface area contributed by atoms with E-state index in [1.807, 2.05) is 0 Å². The Labute approximate surface area is 80.6 Å². The summed E-state index contributed by atoms with van der Waals surface area (Å²) in [7, 11) is 0. The van der Waals surface area contributed by atoms with Gasteiger partial charge in [0, 0.05) is 11.6 Å². The zero-order valence-electron chi connectivity index (χ0n) is 7.60. The minimum atomic E-state index is -0.460. The second-order valence-corrected chi connectivity index (χ2v) is 3.17. The molecule has 4 heteroatoms. The lowest BCUT2D eigenvalue weighted by molar-refractivity contribution is 0.256. The molecule has 14 heavy (non-hydrogen) atoms. The van der Waals surface area contributed by atoms with Gasteiger partial charge >= 0.3 is 6.03 Å². The Morgan fingerprint density at radius 2 is 2.29 bits per heavy atom. The second-order valence-electron chi connectivity index (χ2n) is 3.17. The molecule has 1 heterocycles. The van der Waals surface area contributed by atoms with Gasteiger partial charge in [0.05, 0.1) is 11.4 Å². The van der Waals surface area contributed by atoms with Gasteiger partial charge in [-0.3, -0.25) is 0 Å². The van der Waals surface area contributed by atoms with Crippen molar-refractivity contribution in [1.82, 2.24) is 5.32 Å². The average Bonchev–Trinajstić information content (AvgIpc) is 2.42. The first-order valence-electron chi connectivity index (χ1n) is 4.10. The first-order chi connectivity index (χ1) is 6.58. The first kappa shape index (κ1) is 8.74. The zero-order chi connectivity index (χ0) is 10.3. The number of carbonyl (C=O) groups excluding carboxylic acids is 1. The van der Waals surface area contributed by atoms with Gasteiger partial charge in [0.25, 0.3) is 0 Å². The smallest absolute Gasteiger partial charge is 0.304 e. The van der Waals surface area contributed by atoms with Crippen molar-refractivity contribution < 1.29 is 9.18 Å². The summed E-state index contributed by atoms with van der Waals surface area (Å²) in [6.07, 6.45) is 0. The number of hydrogen-bond acceptors (Lipinski definition) is 1. The van der Waals surface area contributed by atoms with E-state index in [9.17, 15) is 9.18 Å². The molecule has 1 aliphatic rings. The number of rotatable bonds is 1. The summed E-state index contributed by atoms with van der Waals surface area (Å²) >= 11 is 0. The number of nitrogens with zero attached hydrogens (tertiary/aromatic N) is 1. The monoisotopic (exact) mass is 191 g/mol. The molecule has 71 valence electrons. The summed E-state index contributed by atoms with van der Waals surface area (Å²) in [6.45, 7) is 5.35. The van der Waals surface area contributed by atoms with Crippen molar-refractivity contribution in [3.8, 4) is 0 Å². The number of nitrogens with one attached hydrogen (secondary N) is 1. The number of amides is 2. The number of fused-ring (bicyclic) bond motifs is 1. The van der Waals surface area contributed by atoms with Gasteiger partial charge in [0.15, 0.2) is 0 Å². The zero-order valence-corrected chi connectivity index (χ0v) is 7.60. The van der Waals surface area contributed by atoms with Gasteiger partial charge in [-0.05, 0) is 18.6 Å². The molecular formula is C10H8FN2O. The van der Waals surface area contributed by atoms with Gasteiger partial charge in [-0.15, -0.1) is 0 Å². The number of hydrogen-bond donors (Lipinski definition) is 1. The van der Waals surface area contributed by atoms with Crippen LogP contribution in [-0.4, -0.2) is 6.03 Å². The van der Waals surface area contributed by atoms with Crippen LogP contribution in [0.15, 0.2) is 18.7 Å². The van der Waals surface area contributed by atoms with Gasteiger partial charge in [-0.1, -0.05) is 6.58 Å². The molecule has 0 atom stereocenters. The quantitative estimate of drug-likeness (QED) is 0.728. The van der Waals surface area contributed by atoms with Gasteiger partial charge < -0.3 is 5.32 Å². The normalized spacial score (nSPS) is 13.1. The molecule has 2 amide bonds. The topological polar surface area (TPSA) is 43.2 Å². The second kappa shape index (κ2) is 2.83. The number of benzene rings is 1. The van der Waals surface area contributed by atoms with Crippen LogP contribution >= 0.6 is 0 Å². The Balaban J connectivity index is 2.55. The standard InChI is InChI=1S/C10H8FN2O/c1-5(2)6-3-8-9(4-7(6)11)13-10(14)12-8/h3-4H,1H2,2H3,(H,13,14). The Hall–Kier alpha value is -1.84. The van der Waals surface area contributed by atoms with E-state index in [1.54, 1.807) is 6.92 Å². The summed E-state index contributed by atoms with van der Waals surface area (Å²) < 4.78 is 13.4. The fourth-order valence-corrected chi connectivity index (χ4v) is 1.33. The van der Waals surface area contributed by atoms with E-state index in [0.717, 1.165) is 0 Å². The Kier molecular flexibility index (Phi) is 1.77. The Morgan fingerprint density at radius 1 is 1.57 bits per heavy atom. The minimum Gasteiger partial charge on any atom is -0.304 e. The van der Waals surface area contributed by atoms with Crippen molar-refractivity contribution in [2.24, 2.45) is 0 Å². The summed E-state index contributed by atoms with van der Waals surface area (Å²) in [5.41, 5.74) is 1.88. The van der Waals surface area contributed by atoms with Gasteiger partial charge in [0.1, 0.15) is 5.82 Å². The molecule has 0 unspecified atom stereocenters. The lowest BCUT2D eigenvalue weighted by Crippen LogP contribution is -2.08. The highest BCUT2D eigenvalue weighted by Crippen LogP contribution is 2.32. The minimum absolute atomic E-state index is 0.393. The molecule has 0 bridgehead atoms. The number of anilines is 1. The molecule has 0 saturated carbocycles. The molecule has 1 aromatic rings. The molecule has 1 aromatic carbocycles. The number of halogens is 1. The van der Waals surface area contributed by atoms with Crippen LogP contribution in [-0.2, 0) is 0 Å². The lowest BCUT2D eigenvalue weighted by Gasteiger charge is -2.03. The third kappa shape index (κ3) is 1.25. The maximum Gasteiger partial charge on any atom is 0.346 e. The highest BCUT2D eigenvalue weighted by Gasteiger charge is 2.21. The van der Waals surface area contributed by atoms with E-state index in [2.05, 4.69) is 17.2 Å². The first-order valence-corrected chi connectivity index (χ1v) is 4.10. The van der Waals surface area contributed by atoms with E-state index < -0.39 is 11.8 Å². The molecule has 2 rings (SSSR count). The molecule has 3 nitrogen and oxygen atoms in total. The largest absolute Gasteiger partial charge is 0.346 e. The molecule has 0 spiro atoms. The van der Waals surface area contributed by atoms with Gasteiger partial charge in [-0.2, -0.15) is 5.32 Å². The number of allylic oxidation sites excluding steroid dienone is 1. The molecule has 1 N–H and O–H groups in total. The summed E-state index contributed by atoms with van der Waals surface area (Å²) in [4.78, 5) is 10.9. The fraction of sp³-hybridized carbons (Fsp3) is 0.100. The van der Waals surface area contributed by atoms with E-state index in [0.29, 0.717) is 22.5 Å². The third-order valence-corrected chi connectivity index (χ3v) is 2.01. The molecule has 0 aliphatic carbocycles. The predicted molar refractivity (Wildman–Crippen MR) is 51.9 cm³/mol. The van der Waals surface area contributed by atoms with Gasteiger partial charge in [0.2, 0.25) is 0 Å². The van der Waals surface area contributed by atoms with E-state index in [4.69, 9.17) is 0 Å². The summed E-state index contributed by atoms with van der Waals surface area (Å²) in [5, 5.41) is 6.11. The molecular weight excluding hydrogens is 183 g/mol. The van der Waals surface area contributed by atoms with Crippen molar-refractivity contribution in [3.63, 3.8) is 0 Å². The van der Waals surface area contributed by atoms with Crippen molar-refractivity contribution in [2.75, 3.05) is 5.32 Å². The number of carbonyl (C=O) groups is 1. The maximum atomic E-state index is 13.4. The van der Waals surface area contributed by atoms with Crippen LogP contribution in [0.2, 0.25) is 0 Å². The SMILES string of the molecule is C=C(C)c1cc2c(cc1F)NC(=O)[N]2. The van der Waals surface area contributed by atoms with Crippen LogP contribution in [0.4, 0.5) is 20.6 Å². The van der Waals surface area contributed by atoms with Crippen LogP contribution in [0.3, 0.4) is 0 Å². The predicted octanol–water partition coefficient (Wildman–Crippen LogP) is 2.64. The molecule has 0 saturated heterocycles. The molecule has 0 fully saturated rings. The van der Waals surface area contributed by atoms with E-state index in [-0.39, 0.29) is 0 Å². The molecule has 1 aliphatic heterocycles. The van der Waals surface area contributed by atoms with Crippen LogP contribution in [0.5, 0.6) is 0 Å².